The van der Waals surface area contributed by atoms with Gasteiger partial charge in [-0.05, 0) is 13.0 Å². The minimum atomic E-state index is -5.21. The second-order valence-corrected chi connectivity index (χ2v) is 11.2. The van der Waals surface area contributed by atoms with Crippen LogP contribution in [0.3, 0.4) is 0 Å². The SMILES string of the molecule is Cc1cn([C@H]2C[C@H](O)[C@@H](COP(=O)([O-])O[C@H]3[C@H](F)[C@H](n4ccc(N)nc4=O)S[C@@H]3CO)O2)c(=O)[nH]c1=O. The van der Waals surface area contributed by atoms with Crippen molar-refractivity contribution in [2.24, 2.45) is 0 Å². The Labute approximate surface area is 211 Å². The van der Waals surface area contributed by atoms with Crippen LogP contribution in [0.1, 0.15) is 23.6 Å². The van der Waals surface area contributed by atoms with Crippen molar-refractivity contribution in [3.05, 3.63) is 55.3 Å². The molecule has 4 rings (SSSR count). The number of aryl methyl sites for hydroxylation is 1. The van der Waals surface area contributed by atoms with Crippen LogP contribution < -0.4 is 27.6 Å². The van der Waals surface area contributed by atoms with E-state index in [2.05, 4.69) is 9.97 Å². The number of halogens is 1. The summed E-state index contributed by atoms with van der Waals surface area (Å²) < 4.78 is 44.9. The summed E-state index contributed by atoms with van der Waals surface area (Å²) in [6, 6.07) is 1.26. The lowest BCUT2D eigenvalue weighted by atomic mass is 10.1. The average Bonchev–Trinajstić information content (AvgIpc) is 3.34. The molecular weight excluding hydrogens is 540 g/mol. The molecule has 5 N–H and O–H groups in total. The number of nitrogens with one attached hydrogen (secondary N) is 1. The number of aliphatic hydroxyl groups excluding tert-OH is 2. The number of phosphoric ester groups is 1. The number of H-pyrrole nitrogens is 1. The van der Waals surface area contributed by atoms with E-state index in [1.807, 2.05) is 0 Å². The molecule has 0 amide bonds. The molecule has 0 radical (unpaired) electrons. The van der Waals surface area contributed by atoms with E-state index in [0.717, 1.165) is 20.9 Å². The van der Waals surface area contributed by atoms with E-state index in [0.29, 0.717) is 0 Å². The fraction of sp³-hybridized carbons (Fsp3) is 0.579. The number of aromatic amines is 1. The number of nitrogens with two attached hydrogens (primary N) is 1. The third-order valence-electron chi connectivity index (χ3n) is 5.88. The number of rotatable bonds is 8. The fourth-order valence-electron chi connectivity index (χ4n) is 3.99. The molecule has 2 aromatic rings. The van der Waals surface area contributed by atoms with Gasteiger partial charge in [0.2, 0.25) is 0 Å². The summed E-state index contributed by atoms with van der Waals surface area (Å²) in [5, 5.41) is 17.6. The van der Waals surface area contributed by atoms with E-state index < -0.39 is 79.3 Å². The molecule has 4 heterocycles. The topological polar surface area (TPSA) is 224 Å². The monoisotopic (exact) mass is 564 g/mol. The Bertz CT molecular complexity index is 1370. The van der Waals surface area contributed by atoms with Crippen molar-refractivity contribution < 1.29 is 37.8 Å². The van der Waals surface area contributed by atoms with E-state index in [1.165, 1.54) is 25.4 Å². The van der Waals surface area contributed by atoms with Crippen molar-refractivity contribution in [2.45, 2.75) is 54.7 Å². The van der Waals surface area contributed by atoms with Crippen molar-refractivity contribution in [2.75, 3.05) is 18.9 Å². The first-order valence-electron chi connectivity index (χ1n) is 10.9. The standard InChI is InChI=1S/C19H25FN5O10PS/c1-8-5-25(19(30)23-16(8)28)13-4-9(27)10(34-13)7-33-36(31,32)35-15-11(6-26)37-17(14(15)20)24-3-2-12(21)22-18(24)29/h2-3,5,9-11,13-15,17,26-27H,4,6-7H2,1H3,(H,31,32)(H2,21,22,29)(H,23,28,30)/p-1/t9-,10+,11+,13+,14-,15+,17+/m0/s1. The Hall–Kier alpha value is -2.37. The van der Waals surface area contributed by atoms with Gasteiger partial charge < -0.3 is 34.6 Å². The third kappa shape index (κ3) is 5.88. The van der Waals surface area contributed by atoms with Crippen LogP contribution >= 0.6 is 19.6 Å². The number of anilines is 1. The minimum absolute atomic E-state index is 0.0808. The summed E-state index contributed by atoms with van der Waals surface area (Å²) in [5.41, 5.74) is 3.44. The highest BCUT2D eigenvalue weighted by atomic mass is 32.2. The molecule has 18 heteroatoms. The van der Waals surface area contributed by atoms with Crippen molar-refractivity contribution in [3.63, 3.8) is 0 Å². The lowest BCUT2D eigenvalue weighted by Gasteiger charge is -2.30. The van der Waals surface area contributed by atoms with Gasteiger partial charge in [-0.1, -0.05) is 0 Å². The molecule has 2 aliphatic rings. The molecule has 0 saturated carbocycles. The summed E-state index contributed by atoms with van der Waals surface area (Å²) >= 11 is 0.780. The van der Waals surface area contributed by atoms with E-state index in [-0.39, 0.29) is 17.8 Å². The minimum Gasteiger partial charge on any atom is -0.756 e. The molecule has 15 nitrogen and oxygen atoms in total. The van der Waals surface area contributed by atoms with Crippen LogP contribution in [0.4, 0.5) is 10.2 Å². The van der Waals surface area contributed by atoms with Crippen LogP contribution in [-0.2, 0) is 18.3 Å². The molecule has 204 valence electrons. The Morgan fingerprint density at radius 2 is 2.14 bits per heavy atom. The molecule has 0 aliphatic carbocycles. The summed E-state index contributed by atoms with van der Waals surface area (Å²) in [5.74, 6) is -0.0808. The zero-order valence-corrected chi connectivity index (χ0v) is 20.9. The van der Waals surface area contributed by atoms with Crippen molar-refractivity contribution in [1.29, 1.82) is 0 Å². The van der Waals surface area contributed by atoms with Gasteiger partial charge in [0.05, 0.1) is 24.6 Å². The molecule has 2 saturated heterocycles. The number of phosphoric acid groups is 1. The van der Waals surface area contributed by atoms with Crippen LogP contribution in [0.5, 0.6) is 0 Å². The smallest absolute Gasteiger partial charge is 0.350 e. The van der Waals surface area contributed by atoms with Gasteiger partial charge in [0, 0.05) is 24.4 Å². The van der Waals surface area contributed by atoms with Crippen molar-refractivity contribution >= 4 is 25.4 Å². The van der Waals surface area contributed by atoms with Crippen LogP contribution in [0, 0.1) is 6.92 Å². The second-order valence-electron chi connectivity index (χ2n) is 8.46. The Morgan fingerprint density at radius 1 is 1.41 bits per heavy atom. The number of hydrogen-bond acceptors (Lipinski definition) is 13. The maximum Gasteiger partial charge on any atom is 0.350 e. The van der Waals surface area contributed by atoms with Crippen LogP contribution in [0.2, 0.25) is 0 Å². The number of nitrogens with zero attached hydrogens (tertiary/aromatic N) is 3. The summed E-state index contributed by atoms with van der Waals surface area (Å²) in [6.07, 6.45) is -4.85. The highest BCUT2D eigenvalue weighted by molar-refractivity contribution is 8.00. The summed E-state index contributed by atoms with van der Waals surface area (Å²) in [6.45, 7) is 0.0827. The van der Waals surface area contributed by atoms with Gasteiger partial charge in [0.1, 0.15) is 29.6 Å². The molecule has 8 atom stereocenters. The zero-order chi connectivity index (χ0) is 27.1. The molecule has 2 aliphatic heterocycles. The number of hydrogen-bond donors (Lipinski definition) is 4. The Balaban J connectivity index is 1.41. The Morgan fingerprint density at radius 3 is 2.81 bits per heavy atom. The molecular formula is C19H24FN5O10PS-. The van der Waals surface area contributed by atoms with E-state index in [1.54, 1.807) is 0 Å². The van der Waals surface area contributed by atoms with Gasteiger partial charge in [0.15, 0.2) is 6.17 Å². The normalized spacial score (nSPS) is 31.4. The Kier molecular flexibility index (Phi) is 8.06. The molecule has 1 unspecified atom stereocenters. The summed E-state index contributed by atoms with van der Waals surface area (Å²) in [4.78, 5) is 53.8. The number of aliphatic hydroxyl groups is 2. The van der Waals surface area contributed by atoms with Gasteiger partial charge in [-0.2, -0.15) is 4.98 Å². The van der Waals surface area contributed by atoms with Gasteiger partial charge in [-0.15, -0.1) is 11.8 Å². The van der Waals surface area contributed by atoms with Gasteiger partial charge in [-0.3, -0.25) is 23.5 Å². The van der Waals surface area contributed by atoms with E-state index in [4.69, 9.17) is 19.5 Å². The van der Waals surface area contributed by atoms with Crippen LogP contribution in [0.25, 0.3) is 0 Å². The molecule has 0 bridgehead atoms. The number of aromatic nitrogens is 4. The van der Waals surface area contributed by atoms with Gasteiger partial charge >= 0.3 is 11.4 Å². The van der Waals surface area contributed by atoms with E-state index >= 15 is 4.39 Å². The molecule has 2 aromatic heterocycles. The third-order valence-corrected chi connectivity index (χ3v) is 8.38. The van der Waals surface area contributed by atoms with Gasteiger partial charge in [-0.25, -0.2) is 14.0 Å². The first kappa shape index (κ1) is 27.7. The first-order valence-corrected chi connectivity index (χ1v) is 13.3. The number of ether oxygens (including phenoxy) is 1. The van der Waals surface area contributed by atoms with Crippen molar-refractivity contribution in [1.82, 2.24) is 19.1 Å². The fourth-order valence-corrected chi connectivity index (χ4v) is 6.43. The molecule has 37 heavy (non-hydrogen) atoms. The maximum atomic E-state index is 15.2. The van der Waals surface area contributed by atoms with E-state index in [9.17, 15) is 34.1 Å². The van der Waals surface area contributed by atoms with Crippen molar-refractivity contribution in [3.8, 4) is 0 Å². The summed E-state index contributed by atoms with van der Waals surface area (Å²) in [7, 11) is -5.21. The first-order chi connectivity index (χ1) is 17.4. The zero-order valence-electron chi connectivity index (χ0n) is 19.2. The number of thioether (sulfide) groups is 1. The highest BCUT2D eigenvalue weighted by Crippen LogP contribution is 2.51. The average molecular weight is 564 g/mol. The highest BCUT2D eigenvalue weighted by Gasteiger charge is 2.48. The maximum absolute atomic E-state index is 15.2. The second kappa shape index (κ2) is 10.8. The lowest BCUT2D eigenvalue weighted by molar-refractivity contribution is -0.234. The lowest BCUT2D eigenvalue weighted by Crippen LogP contribution is -2.36. The number of alkyl halides is 1. The van der Waals surface area contributed by atoms with Crippen LogP contribution in [0.15, 0.2) is 32.8 Å². The quantitative estimate of drug-likeness (QED) is 0.259. The molecule has 0 aromatic carbocycles. The number of nitrogen functional groups attached to an aromatic ring is 1. The predicted octanol–water partition coefficient (Wildman–Crippen LogP) is -1.85. The largest absolute Gasteiger partial charge is 0.756 e. The molecule has 2 fully saturated rings. The molecule has 0 spiro atoms. The van der Waals surface area contributed by atoms with Gasteiger partial charge in [0.25, 0.3) is 13.4 Å². The van der Waals surface area contributed by atoms with Crippen LogP contribution in [-0.4, -0.2) is 72.3 Å². The predicted molar refractivity (Wildman–Crippen MR) is 124 cm³/mol.